The number of hydrogen-bond acceptors (Lipinski definition) is 3. The largest absolute Gasteiger partial charge is 0.372 e. The Balaban J connectivity index is 1.55. The summed E-state index contributed by atoms with van der Waals surface area (Å²) in [5.41, 5.74) is 3.25. The van der Waals surface area contributed by atoms with Crippen molar-refractivity contribution in [3.8, 4) is 0 Å². The molecular formula is C19H26N2O2. The lowest BCUT2D eigenvalue weighted by molar-refractivity contribution is 0.0650. The van der Waals surface area contributed by atoms with Gasteiger partial charge in [0.05, 0.1) is 13.2 Å². The van der Waals surface area contributed by atoms with Crippen molar-refractivity contribution in [3.05, 3.63) is 34.9 Å². The Morgan fingerprint density at radius 3 is 2.78 bits per heavy atom. The van der Waals surface area contributed by atoms with E-state index in [4.69, 9.17) is 4.74 Å². The molecule has 0 aromatic heterocycles. The summed E-state index contributed by atoms with van der Waals surface area (Å²) in [5.74, 6) is 0.213. The van der Waals surface area contributed by atoms with Crippen LogP contribution in [-0.4, -0.2) is 47.4 Å². The van der Waals surface area contributed by atoms with E-state index in [1.165, 1.54) is 30.5 Å². The number of nitrogens with zero attached hydrogens (tertiary/aromatic N) is 2. The zero-order valence-electron chi connectivity index (χ0n) is 14.0. The highest BCUT2D eigenvalue weighted by Crippen LogP contribution is 2.31. The molecule has 0 saturated carbocycles. The van der Waals surface area contributed by atoms with Crippen molar-refractivity contribution in [2.45, 2.75) is 57.9 Å². The molecule has 0 bridgehead atoms. The topological polar surface area (TPSA) is 32.8 Å². The maximum Gasteiger partial charge on any atom is 0.254 e. The van der Waals surface area contributed by atoms with Crippen LogP contribution in [0.4, 0.5) is 0 Å². The smallest absolute Gasteiger partial charge is 0.254 e. The molecule has 1 aromatic rings. The zero-order chi connectivity index (χ0) is 15.8. The molecule has 2 saturated heterocycles. The normalized spacial score (nSPS) is 27.6. The Morgan fingerprint density at radius 2 is 1.91 bits per heavy atom. The summed E-state index contributed by atoms with van der Waals surface area (Å²) >= 11 is 0. The molecule has 3 heterocycles. The van der Waals surface area contributed by atoms with E-state index in [0.29, 0.717) is 25.3 Å². The van der Waals surface area contributed by atoms with Crippen LogP contribution in [0.5, 0.6) is 0 Å². The van der Waals surface area contributed by atoms with Gasteiger partial charge in [-0.2, -0.15) is 0 Å². The lowest BCUT2D eigenvalue weighted by Gasteiger charge is -2.34. The van der Waals surface area contributed by atoms with E-state index in [1.54, 1.807) is 0 Å². The molecule has 0 spiro atoms. The number of likely N-dealkylation sites (N-methyl/N-ethyl adjacent to an activating group) is 1. The van der Waals surface area contributed by atoms with Crippen molar-refractivity contribution in [1.29, 1.82) is 0 Å². The average Bonchev–Trinajstić information content (AvgIpc) is 3.30. The zero-order valence-corrected chi connectivity index (χ0v) is 14.0. The summed E-state index contributed by atoms with van der Waals surface area (Å²) in [6.45, 7) is 6.76. The first-order valence-electron chi connectivity index (χ1n) is 9.02. The molecule has 4 nitrogen and oxygen atoms in total. The van der Waals surface area contributed by atoms with Gasteiger partial charge in [0.15, 0.2) is 0 Å². The van der Waals surface area contributed by atoms with Crippen molar-refractivity contribution < 1.29 is 9.53 Å². The first-order chi connectivity index (χ1) is 11.3. The van der Waals surface area contributed by atoms with E-state index in [9.17, 15) is 4.79 Å². The molecule has 0 radical (unpaired) electrons. The number of benzene rings is 1. The summed E-state index contributed by atoms with van der Waals surface area (Å²) in [5, 5.41) is 0. The highest BCUT2D eigenvalue weighted by atomic mass is 16.5. The number of carbonyl (C=O) groups excluding carboxylic acids is 1. The minimum Gasteiger partial charge on any atom is -0.372 e. The van der Waals surface area contributed by atoms with Gasteiger partial charge in [0, 0.05) is 24.2 Å². The number of rotatable bonds is 3. The van der Waals surface area contributed by atoms with Crippen LogP contribution in [0.15, 0.2) is 18.2 Å². The first-order valence-corrected chi connectivity index (χ1v) is 9.02. The van der Waals surface area contributed by atoms with E-state index >= 15 is 0 Å². The van der Waals surface area contributed by atoms with E-state index in [2.05, 4.69) is 22.8 Å². The summed E-state index contributed by atoms with van der Waals surface area (Å²) in [4.78, 5) is 17.8. The van der Waals surface area contributed by atoms with Crippen LogP contribution in [0.1, 0.15) is 54.1 Å². The Bertz CT molecular complexity index is 601. The molecule has 1 amide bonds. The second-order valence-corrected chi connectivity index (χ2v) is 7.02. The van der Waals surface area contributed by atoms with Gasteiger partial charge in [-0.05, 0) is 62.0 Å². The summed E-state index contributed by atoms with van der Waals surface area (Å²) in [6.07, 6.45) is 4.80. The fourth-order valence-electron chi connectivity index (χ4n) is 4.60. The summed E-state index contributed by atoms with van der Waals surface area (Å²) in [6, 6.07) is 7.05. The quantitative estimate of drug-likeness (QED) is 0.860. The third-order valence-electron chi connectivity index (χ3n) is 5.79. The van der Waals surface area contributed by atoms with Gasteiger partial charge in [-0.3, -0.25) is 9.69 Å². The molecule has 124 valence electrons. The Labute approximate surface area is 138 Å². The monoisotopic (exact) mass is 314 g/mol. The van der Waals surface area contributed by atoms with Crippen LogP contribution in [0.2, 0.25) is 0 Å². The predicted octanol–water partition coefficient (Wildman–Crippen LogP) is 2.81. The third kappa shape index (κ3) is 2.68. The van der Waals surface area contributed by atoms with E-state index < -0.39 is 0 Å². The van der Waals surface area contributed by atoms with Crippen LogP contribution < -0.4 is 0 Å². The molecule has 0 unspecified atom stereocenters. The van der Waals surface area contributed by atoms with E-state index in [-0.39, 0.29) is 5.91 Å². The summed E-state index contributed by atoms with van der Waals surface area (Å²) < 4.78 is 5.47. The van der Waals surface area contributed by atoms with Gasteiger partial charge in [-0.15, -0.1) is 0 Å². The second-order valence-electron chi connectivity index (χ2n) is 7.02. The lowest BCUT2D eigenvalue weighted by atomic mass is 10.0. The molecule has 2 atom stereocenters. The summed E-state index contributed by atoms with van der Waals surface area (Å²) in [7, 11) is 0. The molecule has 0 N–H and O–H groups in total. The molecule has 2 fully saturated rings. The van der Waals surface area contributed by atoms with Crippen molar-refractivity contribution in [3.63, 3.8) is 0 Å². The second kappa shape index (κ2) is 6.25. The average molecular weight is 314 g/mol. The fourth-order valence-corrected chi connectivity index (χ4v) is 4.60. The van der Waals surface area contributed by atoms with Gasteiger partial charge in [-0.1, -0.05) is 13.0 Å². The molecule has 4 heteroatoms. The molecule has 1 aromatic carbocycles. The molecule has 23 heavy (non-hydrogen) atoms. The van der Waals surface area contributed by atoms with Gasteiger partial charge in [0.2, 0.25) is 0 Å². The Morgan fingerprint density at radius 1 is 1.13 bits per heavy atom. The fraction of sp³-hybridized carbons (Fsp3) is 0.632. The Kier molecular flexibility index (Phi) is 4.12. The Hall–Kier alpha value is -1.39. The number of hydrogen-bond donors (Lipinski definition) is 0. The molecule has 3 aliphatic heterocycles. The predicted molar refractivity (Wildman–Crippen MR) is 89.3 cm³/mol. The highest BCUT2D eigenvalue weighted by molar-refractivity contribution is 5.95. The standard InChI is InChI=1S/C19H26N2O2/c1-2-20-9-3-5-17(20)18-6-4-10-21(18)19(22)14-7-8-15-12-23-13-16(15)11-14/h7-8,11,17-18H,2-6,9-10,12-13H2,1H3/t17-,18-/m0/s1. The van der Waals surface area contributed by atoms with Gasteiger partial charge >= 0.3 is 0 Å². The number of amides is 1. The number of fused-ring (bicyclic) bond motifs is 1. The minimum absolute atomic E-state index is 0.213. The van der Waals surface area contributed by atoms with E-state index in [0.717, 1.165) is 31.5 Å². The van der Waals surface area contributed by atoms with Gasteiger partial charge < -0.3 is 9.64 Å². The number of ether oxygens (including phenoxy) is 1. The molecule has 3 aliphatic rings. The lowest BCUT2D eigenvalue weighted by Crippen LogP contribution is -2.48. The van der Waals surface area contributed by atoms with Crippen molar-refractivity contribution in [1.82, 2.24) is 9.80 Å². The van der Waals surface area contributed by atoms with Crippen LogP contribution in [0.25, 0.3) is 0 Å². The van der Waals surface area contributed by atoms with Crippen molar-refractivity contribution >= 4 is 5.91 Å². The number of likely N-dealkylation sites (tertiary alicyclic amines) is 2. The molecule has 0 aliphatic carbocycles. The van der Waals surface area contributed by atoms with Crippen LogP contribution >= 0.6 is 0 Å². The van der Waals surface area contributed by atoms with Crippen LogP contribution in [-0.2, 0) is 18.0 Å². The van der Waals surface area contributed by atoms with Crippen molar-refractivity contribution in [2.75, 3.05) is 19.6 Å². The van der Waals surface area contributed by atoms with E-state index in [1.807, 2.05) is 12.1 Å². The maximum absolute atomic E-state index is 13.1. The number of carbonyl (C=O) groups is 1. The van der Waals surface area contributed by atoms with Crippen LogP contribution in [0.3, 0.4) is 0 Å². The SMILES string of the molecule is CCN1CCC[C@H]1[C@@H]1CCCN1C(=O)c1ccc2c(c1)COC2. The van der Waals surface area contributed by atoms with Crippen molar-refractivity contribution in [2.24, 2.45) is 0 Å². The maximum atomic E-state index is 13.1. The minimum atomic E-state index is 0.213. The molecular weight excluding hydrogens is 288 g/mol. The highest BCUT2D eigenvalue weighted by Gasteiger charge is 2.39. The van der Waals surface area contributed by atoms with Gasteiger partial charge in [0.1, 0.15) is 0 Å². The third-order valence-corrected chi connectivity index (χ3v) is 5.79. The molecule has 4 rings (SSSR count). The van der Waals surface area contributed by atoms with Gasteiger partial charge in [0.25, 0.3) is 5.91 Å². The van der Waals surface area contributed by atoms with Crippen LogP contribution in [0, 0.1) is 0 Å². The van der Waals surface area contributed by atoms with Gasteiger partial charge in [-0.25, -0.2) is 0 Å². The first kappa shape index (κ1) is 15.2.